The van der Waals surface area contributed by atoms with E-state index >= 15 is 0 Å². The first-order chi connectivity index (χ1) is 8.33. The summed E-state index contributed by atoms with van der Waals surface area (Å²) in [5.41, 5.74) is 1.74. The van der Waals surface area contributed by atoms with Gasteiger partial charge in [0.1, 0.15) is 5.69 Å². The lowest BCUT2D eigenvalue weighted by Gasteiger charge is -1.92. The molecule has 3 rings (SSSR count). The fraction of sp³-hybridized carbons (Fsp3) is 0.0909. The summed E-state index contributed by atoms with van der Waals surface area (Å²) in [6.45, 7) is 1.97. The van der Waals surface area contributed by atoms with Crippen molar-refractivity contribution in [1.82, 2.24) is 25.0 Å². The molecule has 0 amide bonds. The van der Waals surface area contributed by atoms with Crippen LogP contribution in [-0.2, 0) is 0 Å². The van der Waals surface area contributed by atoms with E-state index in [1.807, 2.05) is 30.6 Å². The maximum atomic E-state index is 4.35. The standard InChI is InChI=1S/C11H9N5S/c1-8-13-11(7-17-8)16-6-10(14-15-16)9-3-2-4-12-5-9/h2-7H,1H3. The van der Waals surface area contributed by atoms with Crippen LogP contribution in [0.2, 0.25) is 0 Å². The Bertz CT molecular complexity index is 628. The highest BCUT2D eigenvalue weighted by Gasteiger charge is 2.06. The predicted octanol–water partition coefficient (Wildman–Crippen LogP) is 2.09. The number of aryl methyl sites for hydroxylation is 1. The van der Waals surface area contributed by atoms with Crippen LogP contribution in [-0.4, -0.2) is 25.0 Å². The van der Waals surface area contributed by atoms with Crippen molar-refractivity contribution in [3.05, 3.63) is 41.1 Å². The summed E-state index contributed by atoms with van der Waals surface area (Å²) >= 11 is 1.59. The van der Waals surface area contributed by atoms with Gasteiger partial charge in [-0.2, -0.15) is 0 Å². The second-order valence-corrected chi connectivity index (χ2v) is 4.58. The first kappa shape index (κ1) is 10.1. The van der Waals surface area contributed by atoms with Crippen LogP contribution in [0, 0.1) is 6.92 Å². The number of pyridine rings is 1. The SMILES string of the molecule is Cc1nc(-n2cc(-c3cccnc3)nn2)cs1. The van der Waals surface area contributed by atoms with Crippen LogP contribution >= 0.6 is 11.3 Å². The van der Waals surface area contributed by atoms with Crippen LogP contribution in [0.15, 0.2) is 36.1 Å². The van der Waals surface area contributed by atoms with E-state index in [9.17, 15) is 0 Å². The van der Waals surface area contributed by atoms with Gasteiger partial charge in [0.2, 0.25) is 0 Å². The van der Waals surface area contributed by atoms with Gasteiger partial charge in [0.25, 0.3) is 0 Å². The van der Waals surface area contributed by atoms with Gasteiger partial charge in [-0.1, -0.05) is 5.21 Å². The molecule has 0 saturated heterocycles. The maximum absolute atomic E-state index is 4.35. The number of thiazole rings is 1. The van der Waals surface area contributed by atoms with Gasteiger partial charge < -0.3 is 0 Å². The highest BCUT2D eigenvalue weighted by Crippen LogP contribution is 2.17. The first-order valence-corrected chi connectivity index (χ1v) is 5.96. The van der Waals surface area contributed by atoms with E-state index in [0.29, 0.717) is 0 Å². The predicted molar refractivity (Wildman–Crippen MR) is 65.0 cm³/mol. The Balaban J connectivity index is 1.99. The fourth-order valence-corrected chi connectivity index (χ4v) is 2.06. The molecular formula is C11H9N5S. The molecule has 0 N–H and O–H groups in total. The first-order valence-electron chi connectivity index (χ1n) is 5.08. The number of nitrogens with zero attached hydrogens (tertiary/aromatic N) is 5. The van der Waals surface area contributed by atoms with E-state index in [2.05, 4.69) is 20.3 Å². The second kappa shape index (κ2) is 4.06. The molecule has 0 saturated carbocycles. The Morgan fingerprint density at radius 3 is 3.00 bits per heavy atom. The summed E-state index contributed by atoms with van der Waals surface area (Å²) in [6, 6.07) is 3.83. The van der Waals surface area contributed by atoms with Gasteiger partial charge in [-0.3, -0.25) is 4.98 Å². The van der Waals surface area contributed by atoms with Crippen molar-refractivity contribution >= 4 is 11.3 Å². The molecule has 0 spiro atoms. The zero-order valence-corrected chi connectivity index (χ0v) is 9.92. The molecule has 0 aliphatic carbocycles. The summed E-state index contributed by atoms with van der Waals surface area (Å²) in [7, 11) is 0. The zero-order chi connectivity index (χ0) is 11.7. The van der Waals surface area contributed by atoms with Crippen LogP contribution < -0.4 is 0 Å². The summed E-state index contributed by atoms with van der Waals surface area (Å²) in [6.07, 6.45) is 5.35. The molecule has 0 aliphatic rings. The minimum absolute atomic E-state index is 0.795. The molecule has 17 heavy (non-hydrogen) atoms. The average molecular weight is 243 g/mol. The van der Waals surface area contributed by atoms with Crippen LogP contribution in [0.5, 0.6) is 0 Å². The van der Waals surface area contributed by atoms with Crippen molar-refractivity contribution in [3.63, 3.8) is 0 Å². The lowest BCUT2D eigenvalue weighted by molar-refractivity contribution is 0.785. The smallest absolute Gasteiger partial charge is 0.166 e. The minimum atomic E-state index is 0.795. The minimum Gasteiger partial charge on any atom is -0.264 e. The third-order valence-corrected chi connectivity index (χ3v) is 3.05. The van der Waals surface area contributed by atoms with Gasteiger partial charge in [0.05, 0.1) is 11.2 Å². The van der Waals surface area contributed by atoms with Gasteiger partial charge in [-0.25, -0.2) is 9.67 Å². The van der Waals surface area contributed by atoms with Crippen molar-refractivity contribution in [2.45, 2.75) is 6.92 Å². The average Bonchev–Trinajstić information content (AvgIpc) is 2.98. The van der Waals surface area contributed by atoms with Crippen LogP contribution in [0.1, 0.15) is 5.01 Å². The second-order valence-electron chi connectivity index (χ2n) is 3.51. The van der Waals surface area contributed by atoms with Crippen molar-refractivity contribution in [2.24, 2.45) is 0 Å². The van der Waals surface area contributed by atoms with Gasteiger partial charge >= 0.3 is 0 Å². The van der Waals surface area contributed by atoms with Gasteiger partial charge in [0, 0.05) is 23.3 Å². The maximum Gasteiger partial charge on any atom is 0.166 e. The topological polar surface area (TPSA) is 56.5 Å². The molecule has 0 fully saturated rings. The molecule has 0 aromatic carbocycles. The Labute approximate surface area is 102 Å². The lowest BCUT2D eigenvalue weighted by Crippen LogP contribution is -1.94. The normalized spacial score (nSPS) is 10.6. The number of aromatic nitrogens is 5. The Hall–Kier alpha value is -2.08. The third-order valence-electron chi connectivity index (χ3n) is 2.29. The van der Waals surface area contributed by atoms with Crippen molar-refractivity contribution < 1.29 is 0 Å². The molecule has 0 aliphatic heterocycles. The van der Waals surface area contributed by atoms with Crippen molar-refractivity contribution in [2.75, 3.05) is 0 Å². The Morgan fingerprint density at radius 2 is 2.29 bits per heavy atom. The molecule has 3 heterocycles. The quantitative estimate of drug-likeness (QED) is 0.691. The molecule has 0 atom stereocenters. The van der Waals surface area contributed by atoms with Crippen LogP contribution in [0.3, 0.4) is 0 Å². The number of rotatable bonds is 2. The summed E-state index contributed by atoms with van der Waals surface area (Å²) in [5, 5.41) is 11.1. The number of hydrogen-bond donors (Lipinski definition) is 0. The largest absolute Gasteiger partial charge is 0.264 e. The van der Waals surface area contributed by atoms with E-state index in [4.69, 9.17) is 0 Å². The van der Waals surface area contributed by atoms with Crippen molar-refractivity contribution in [3.8, 4) is 17.1 Å². The Morgan fingerprint density at radius 1 is 1.35 bits per heavy atom. The highest BCUT2D eigenvalue weighted by molar-refractivity contribution is 7.09. The van der Waals surface area contributed by atoms with Crippen molar-refractivity contribution in [1.29, 1.82) is 0 Å². The molecule has 0 unspecified atom stereocenters. The van der Waals surface area contributed by atoms with E-state index in [1.54, 1.807) is 28.4 Å². The molecule has 0 bridgehead atoms. The van der Waals surface area contributed by atoms with Crippen LogP contribution in [0.25, 0.3) is 17.1 Å². The molecule has 84 valence electrons. The van der Waals surface area contributed by atoms with E-state index in [1.165, 1.54) is 0 Å². The molecule has 6 heteroatoms. The van der Waals surface area contributed by atoms with Crippen LogP contribution in [0.4, 0.5) is 0 Å². The molecule has 3 aromatic rings. The molecule has 0 radical (unpaired) electrons. The summed E-state index contributed by atoms with van der Waals surface area (Å²) in [5.74, 6) is 0.801. The van der Waals surface area contributed by atoms with Gasteiger partial charge in [0.15, 0.2) is 5.82 Å². The third kappa shape index (κ3) is 1.94. The lowest BCUT2D eigenvalue weighted by atomic mass is 10.2. The highest BCUT2D eigenvalue weighted by atomic mass is 32.1. The Kier molecular flexibility index (Phi) is 2.41. The van der Waals surface area contributed by atoms with E-state index in [-0.39, 0.29) is 0 Å². The molecule has 5 nitrogen and oxygen atoms in total. The van der Waals surface area contributed by atoms with Gasteiger partial charge in [-0.15, -0.1) is 16.4 Å². The summed E-state index contributed by atoms with van der Waals surface area (Å²) < 4.78 is 1.67. The number of hydrogen-bond acceptors (Lipinski definition) is 5. The zero-order valence-electron chi connectivity index (χ0n) is 9.11. The summed E-state index contributed by atoms with van der Waals surface area (Å²) in [4.78, 5) is 8.41. The molecule has 3 aromatic heterocycles. The fourth-order valence-electron chi connectivity index (χ4n) is 1.48. The monoisotopic (exact) mass is 243 g/mol. The molecular weight excluding hydrogens is 234 g/mol. The van der Waals surface area contributed by atoms with E-state index < -0.39 is 0 Å². The van der Waals surface area contributed by atoms with Gasteiger partial charge in [-0.05, 0) is 19.1 Å². The van der Waals surface area contributed by atoms with E-state index in [0.717, 1.165) is 22.1 Å².